The van der Waals surface area contributed by atoms with Crippen molar-refractivity contribution in [3.8, 4) is 0 Å². The summed E-state index contributed by atoms with van der Waals surface area (Å²) in [5, 5.41) is 6.57. The van der Waals surface area contributed by atoms with Crippen LogP contribution in [0.1, 0.15) is 64.7 Å². The van der Waals surface area contributed by atoms with Crippen LogP contribution in [0.3, 0.4) is 0 Å². The van der Waals surface area contributed by atoms with Crippen molar-refractivity contribution in [2.45, 2.75) is 88.9 Å². The van der Waals surface area contributed by atoms with Gasteiger partial charge in [0.05, 0.1) is 6.10 Å². The lowest BCUT2D eigenvalue weighted by Crippen LogP contribution is -2.65. The molecule has 0 aromatic rings. The Morgan fingerprint density at radius 3 is 2.75 bits per heavy atom. The van der Waals surface area contributed by atoms with E-state index in [1.807, 2.05) is 0 Å². The maximum Gasteiger partial charge on any atom is 0.315 e. The molecule has 5 heteroatoms. The Balaban J connectivity index is 1.28. The summed E-state index contributed by atoms with van der Waals surface area (Å²) in [4.78, 5) is 15.1. The van der Waals surface area contributed by atoms with Gasteiger partial charge in [-0.1, -0.05) is 12.8 Å². The van der Waals surface area contributed by atoms with E-state index in [4.69, 9.17) is 4.74 Å². The van der Waals surface area contributed by atoms with Crippen LogP contribution >= 0.6 is 0 Å². The Morgan fingerprint density at radius 1 is 1.12 bits per heavy atom. The van der Waals surface area contributed by atoms with E-state index in [-0.39, 0.29) is 11.4 Å². The van der Waals surface area contributed by atoms with Crippen LogP contribution in [0.25, 0.3) is 0 Å². The molecule has 1 spiro atoms. The lowest BCUT2D eigenvalue weighted by atomic mass is 9.60. The number of hydrogen-bond acceptors (Lipinski definition) is 3. The van der Waals surface area contributed by atoms with Crippen LogP contribution < -0.4 is 10.6 Å². The molecule has 24 heavy (non-hydrogen) atoms. The molecule has 4 aliphatic rings. The zero-order chi connectivity index (χ0) is 16.6. The van der Waals surface area contributed by atoms with Crippen molar-refractivity contribution < 1.29 is 9.53 Å². The summed E-state index contributed by atoms with van der Waals surface area (Å²) in [5.41, 5.74) is 0.224. The number of urea groups is 1. The molecule has 4 atom stereocenters. The third kappa shape index (κ3) is 2.94. The van der Waals surface area contributed by atoms with Crippen molar-refractivity contribution in [3.63, 3.8) is 0 Å². The Morgan fingerprint density at radius 2 is 1.96 bits per heavy atom. The maximum absolute atomic E-state index is 12.5. The van der Waals surface area contributed by atoms with Crippen molar-refractivity contribution in [2.75, 3.05) is 19.7 Å². The molecule has 0 radical (unpaired) electrons. The minimum Gasteiger partial charge on any atom is -0.378 e. The number of nitrogens with one attached hydrogen (secondary N) is 2. The average Bonchev–Trinajstić information content (AvgIpc) is 3.24. The topological polar surface area (TPSA) is 53.6 Å². The first-order valence-corrected chi connectivity index (χ1v) is 10.1. The van der Waals surface area contributed by atoms with Gasteiger partial charge in [-0.25, -0.2) is 4.79 Å². The number of ether oxygens (including phenoxy) is 1. The summed E-state index contributed by atoms with van der Waals surface area (Å²) in [6, 6.07) is 1.42. The minimum absolute atomic E-state index is 0.0534. The Labute approximate surface area is 145 Å². The molecular weight excluding hydrogens is 302 g/mol. The highest BCUT2D eigenvalue weighted by Crippen LogP contribution is 2.54. The highest BCUT2D eigenvalue weighted by Gasteiger charge is 2.57. The van der Waals surface area contributed by atoms with Crippen LogP contribution in [0.15, 0.2) is 0 Å². The normalized spacial score (nSPS) is 37.9. The van der Waals surface area contributed by atoms with Gasteiger partial charge in [-0.2, -0.15) is 0 Å². The first-order chi connectivity index (χ1) is 11.7. The lowest BCUT2D eigenvalue weighted by Gasteiger charge is -2.54. The third-order valence-corrected chi connectivity index (χ3v) is 7.15. The summed E-state index contributed by atoms with van der Waals surface area (Å²) < 4.78 is 5.95. The van der Waals surface area contributed by atoms with Crippen LogP contribution in [0, 0.1) is 5.41 Å². The first-order valence-electron chi connectivity index (χ1n) is 10.1. The van der Waals surface area contributed by atoms with E-state index in [2.05, 4.69) is 22.5 Å². The highest BCUT2D eigenvalue weighted by atomic mass is 16.5. The Bertz CT molecular complexity index is 464. The van der Waals surface area contributed by atoms with Gasteiger partial charge in [0.2, 0.25) is 0 Å². The summed E-state index contributed by atoms with van der Waals surface area (Å²) in [6.07, 6.45) is 11.2. The van der Waals surface area contributed by atoms with Crippen LogP contribution in [-0.4, -0.2) is 54.9 Å². The van der Waals surface area contributed by atoms with Crippen LogP contribution in [0.4, 0.5) is 4.79 Å². The molecule has 2 aliphatic heterocycles. The lowest BCUT2D eigenvalue weighted by molar-refractivity contribution is -0.126. The molecule has 2 saturated carbocycles. The number of piperidine rings is 1. The van der Waals surface area contributed by atoms with Crippen molar-refractivity contribution in [1.82, 2.24) is 15.5 Å². The number of amides is 2. The van der Waals surface area contributed by atoms with Crippen molar-refractivity contribution in [1.29, 1.82) is 0 Å². The van der Waals surface area contributed by atoms with E-state index in [1.54, 1.807) is 0 Å². The van der Waals surface area contributed by atoms with Gasteiger partial charge < -0.3 is 20.3 Å². The molecule has 2 N–H and O–H groups in total. The van der Waals surface area contributed by atoms with Gasteiger partial charge in [0.1, 0.15) is 0 Å². The zero-order valence-corrected chi connectivity index (χ0v) is 15.1. The Hall–Kier alpha value is -0.810. The molecule has 2 aliphatic carbocycles. The van der Waals surface area contributed by atoms with Crippen molar-refractivity contribution >= 4 is 6.03 Å². The van der Waals surface area contributed by atoms with Gasteiger partial charge in [-0.15, -0.1) is 0 Å². The van der Waals surface area contributed by atoms with Gasteiger partial charge in [0.15, 0.2) is 0 Å². The molecular formula is C19H33N3O2. The highest BCUT2D eigenvalue weighted by molar-refractivity contribution is 5.75. The minimum atomic E-state index is 0.0534. The Kier molecular flexibility index (Phi) is 4.74. The van der Waals surface area contributed by atoms with Gasteiger partial charge in [0.25, 0.3) is 0 Å². The fourth-order valence-electron chi connectivity index (χ4n) is 5.83. The second-order valence-electron chi connectivity index (χ2n) is 8.34. The molecule has 136 valence electrons. The SMILES string of the molecule is CCO[C@@H]1C[C@H](NC(=O)N[C@@H]2CCN3CCC[C@H]3C2)C12CCCC2. The second kappa shape index (κ2) is 6.83. The van der Waals surface area contributed by atoms with Gasteiger partial charge >= 0.3 is 6.03 Å². The summed E-state index contributed by atoms with van der Waals surface area (Å²) in [7, 11) is 0. The van der Waals surface area contributed by atoms with E-state index in [0.29, 0.717) is 24.2 Å². The molecule has 0 aromatic carbocycles. The predicted molar refractivity (Wildman–Crippen MR) is 94.0 cm³/mol. The summed E-state index contributed by atoms with van der Waals surface area (Å²) >= 11 is 0. The maximum atomic E-state index is 12.5. The van der Waals surface area contributed by atoms with Crippen LogP contribution in [0.2, 0.25) is 0 Å². The first kappa shape index (κ1) is 16.6. The molecule has 4 fully saturated rings. The fourth-order valence-corrected chi connectivity index (χ4v) is 5.83. The van der Waals surface area contributed by atoms with Gasteiger partial charge in [-0.3, -0.25) is 0 Å². The predicted octanol–water partition coefficient (Wildman–Crippen LogP) is 2.65. The van der Waals surface area contributed by atoms with Crippen LogP contribution in [0.5, 0.6) is 0 Å². The van der Waals surface area contributed by atoms with E-state index < -0.39 is 0 Å². The third-order valence-electron chi connectivity index (χ3n) is 7.15. The molecule has 0 bridgehead atoms. The molecule has 0 aromatic heterocycles. The standard InChI is InChI=1S/C19H33N3O2/c1-2-24-17-13-16(19(17)8-3-4-9-19)21-18(23)20-14-7-11-22-10-5-6-15(22)12-14/h14-17H,2-13H2,1H3,(H2,20,21,23)/t14-,15+,16+,17-/m1/s1. The number of fused-ring (bicyclic) bond motifs is 1. The van der Waals surface area contributed by atoms with Crippen molar-refractivity contribution in [3.05, 3.63) is 0 Å². The summed E-state index contributed by atoms with van der Waals surface area (Å²) in [5.74, 6) is 0. The molecule has 0 unspecified atom stereocenters. The van der Waals surface area contributed by atoms with E-state index in [9.17, 15) is 4.79 Å². The number of carbonyl (C=O) groups is 1. The van der Waals surface area contributed by atoms with E-state index in [1.165, 1.54) is 45.1 Å². The smallest absolute Gasteiger partial charge is 0.315 e. The second-order valence-corrected chi connectivity index (χ2v) is 8.34. The monoisotopic (exact) mass is 335 g/mol. The molecule has 4 rings (SSSR count). The van der Waals surface area contributed by atoms with E-state index in [0.717, 1.165) is 32.4 Å². The largest absolute Gasteiger partial charge is 0.378 e. The van der Waals surface area contributed by atoms with E-state index >= 15 is 0 Å². The zero-order valence-electron chi connectivity index (χ0n) is 15.1. The number of nitrogens with zero attached hydrogens (tertiary/aromatic N) is 1. The van der Waals surface area contributed by atoms with Gasteiger partial charge in [0, 0.05) is 36.7 Å². The molecule has 5 nitrogen and oxygen atoms in total. The van der Waals surface area contributed by atoms with Crippen molar-refractivity contribution in [2.24, 2.45) is 5.41 Å². The van der Waals surface area contributed by atoms with Gasteiger partial charge in [-0.05, 0) is 58.4 Å². The molecule has 2 amide bonds. The summed E-state index contributed by atoms with van der Waals surface area (Å²) in [6.45, 7) is 5.26. The average molecular weight is 335 g/mol. The molecule has 2 heterocycles. The molecule has 2 saturated heterocycles. The quantitative estimate of drug-likeness (QED) is 0.830. The number of hydrogen-bond donors (Lipinski definition) is 2. The van der Waals surface area contributed by atoms with Crippen LogP contribution in [-0.2, 0) is 4.74 Å². The fraction of sp³-hybridized carbons (Fsp3) is 0.947. The number of carbonyl (C=O) groups excluding carboxylic acids is 1. The number of rotatable bonds is 4.